The summed E-state index contributed by atoms with van der Waals surface area (Å²) in [5.41, 5.74) is 6.62. The highest BCUT2D eigenvalue weighted by molar-refractivity contribution is 5.78. The van der Waals surface area contributed by atoms with Crippen molar-refractivity contribution >= 4 is 12.0 Å². The molecule has 0 saturated carbocycles. The number of nitrogens with zero attached hydrogens (tertiary/aromatic N) is 1. The molecule has 0 radical (unpaired) electrons. The number of ether oxygens (including phenoxy) is 1. The minimum Gasteiger partial charge on any atom is -0.465 e. The first-order valence-corrected chi connectivity index (χ1v) is 6.49. The van der Waals surface area contributed by atoms with Gasteiger partial charge in [0.25, 0.3) is 0 Å². The summed E-state index contributed by atoms with van der Waals surface area (Å²) in [5, 5.41) is 2.60. The van der Waals surface area contributed by atoms with Gasteiger partial charge < -0.3 is 20.7 Å². The smallest absolute Gasteiger partial charge is 0.324 e. The molecule has 0 fully saturated rings. The van der Waals surface area contributed by atoms with E-state index in [-0.39, 0.29) is 19.2 Å². The fourth-order valence-corrected chi connectivity index (χ4v) is 1.59. The van der Waals surface area contributed by atoms with Crippen molar-refractivity contribution in [2.24, 2.45) is 5.73 Å². The van der Waals surface area contributed by atoms with Crippen LogP contribution in [0.4, 0.5) is 4.79 Å². The van der Waals surface area contributed by atoms with Gasteiger partial charge in [0.05, 0.1) is 6.61 Å². The lowest BCUT2D eigenvalue weighted by molar-refractivity contribution is -0.144. The molecule has 110 valence electrons. The summed E-state index contributed by atoms with van der Waals surface area (Å²) in [6.45, 7) is 2.52. The first kappa shape index (κ1) is 16.0. The van der Waals surface area contributed by atoms with Crippen molar-refractivity contribution in [1.82, 2.24) is 10.2 Å². The van der Waals surface area contributed by atoms with Crippen molar-refractivity contribution in [3.05, 3.63) is 35.9 Å². The molecule has 0 bridgehead atoms. The van der Waals surface area contributed by atoms with Crippen molar-refractivity contribution in [2.75, 3.05) is 20.2 Å². The third kappa shape index (κ3) is 5.27. The van der Waals surface area contributed by atoms with Crippen LogP contribution in [0.15, 0.2) is 30.3 Å². The number of benzene rings is 1. The monoisotopic (exact) mass is 279 g/mol. The van der Waals surface area contributed by atoms with Gasteiger partial charge in [-0.1, -0.05) is 30.3 Å². The number of urea groups is 1. The molecule has 1 atom stereocenters. The van der Waals surface area contributed by atoms with Crippen molar-refractivity contribution in [1.29, 1.82) is 0 Å². The van der Waals surface area contributed by atoms with Crippen LogP contribution in [0.2, 0.25) is 0 Å². The molecule has 6 nitrogen and oxygen atoms in total. The van der Waals surface area contributed by atoms with Gasteiger partial charge in [-0.05, 0) is 12.5 Å². The Hall–Kier alpha value is -2.08. The molecule has 0 aliphatic carbocycles. The first-order valence-electron chi connectivity index (χ1n) is 6.49. The van der Waals surface area contributed by atoms with Crippen LogP contribution in [-0.4, -0.2) is 43.1 Å². The largest absolute Gasteiger partial charge is 0.465 e. The summed E-state index contributed by atoms with van der Waals surface area (Å²) in [4.78, 5) is 24.7. The van der Waals surface area contributed by atoms with Crippen molar-refractivity contribution in [3.63, 3.8) is 0 Å². The molecule has 1 aromatic carbocycles. The zero-order valence-corrected chi connectivity index (χ0v) is 11.8. The van der Waals surface area contributed by atoms with Crippen LogP contribution in [-0.2, 0) is 16.1 Å². The van der Waals surface area contributed by atoms with E-state index in [9.17, 15) is 9.59 Å². The normalized spacial score (nSPS) is 11.6. The highest BCUT2D eigenvalue weighted by Gasteiger charge is 2.16. The van der Waals surface area contributed by atoms with Crippen LogP contribution in [0.5, 0.6) is 0 Å². The second kappa shape index (κ2) is 8.16. The van der Waals surface area contributed by atoms with E-state index in [1.54, 1.807) is 14.0 Å². The maximum absolute atomic E-state index is 11.8. The third-order valence-corrected chi connectivity index (χ3v) is 2.67. The number of nitrogens with two attached hydrogens (primary N) is 1. The van der Waals surface area contributed by atoms with Gasteiger partial charge in [0.2, 0.25) is 0 Å². The SMILES string of the molecule is CCOC(=O)[C@@H](N)CNC(=O)N(C)Cc1ccccc1. The second-order valence-corrected chi connectivity index (χ2v) is 4.39. The Balaban J connectivity index is 2.37. The highest BCUT2D eigenvalue weighted by atomic mass is 16.5. The van der Waals surface area contributed by atoms with Gasteiger partial charge >= 0.3 is 12.0 Å². The van der Waals surface area contributed by atoms with Crippen molar-refractivity contribution in [2.45, 2.75) is 19.5 Å². The van der Waals surface area contributed by atoms with E-state index < -0.39 is 12.0 Å². The number of esters is 1. The molecule has 0 spiro atoms. The van der Waals surface area contributed by atoms with Gasteiger partial charge in [-0.15, -0.1) is 0 Å². The summed E-state index contributed by atoms with van der Waals surface area (Å²) in [7, 11) is 1.68. The van der Waals surface area contributed by atoms with Gasteiger partial charge in [0, 0.05) is 20.1 Å². The molecule has 1 rings (SSSR count). The molecule has 0 aromatic heterocycles. The molecule has 20 heavy (non-hydrogen) atoms. The molecule has 2 amide bonds. The lowest BCUT2D eigenvalue weighted by atomic mass is 10.2. The average Bonchev–Trinajstić information content (AvgIpc) is 2.45. The molecule has 1 aromatic rings. The van der Waals surface area contributed by atoms with Crippen LogP contribution < -0.4 is 11.1 Å². The first-order chi connectivity index (χ1) is 9.54. The molecular weight excluding hydrogens is 258 g/mol. The lowest BCUT2D eigenvalue weighted by Crippen LogP contribution is -2.46. The third-order valence-electron chi connectivity index (χ3n) is 2.67. The minimum absolute atomic E-state index is 0.0524. The van der Waals surface area contributed by atoms with Crippen LogP contribution in [0.3, 0.4) is 0 Å². The summed E-state index contributed by atoms with van der Waals surface area (Å²) >= 11 is 0. The van der Waals surface area contributed by atoms with E-state index in [1.165, 1.54) is 4.90 Å². The minimum atomic E-state index is -0.843. The maximum atomic E-state index is 11.8. The second-order valence-electron chi connectivity index (χ2n) is 4.39. The number of amides is 2. The van der Waals surface area contributed by atoms with E-state index in [4.69, 9.17) is 10.5 Å². The van der Waals surface area contributed by atoms with Crippen molar-refractivity contribution < 1.29 is 14.3 Å². The lowest BCUT2D eigenvalue weighted by Gasteiger charge is -2.19. The maximum Gasteiger partial charge on any atom is 0.324 e. The van der Waals surface area contributed by atoms with Gasteiger partial charge in [0.1, 0.15) is 6.04 Å². The Morgan fingerprint density at radius 1 is 1.35 bits per heavy atom. The van der Waals surface area contributed by atoms with Crippen LogP contribution in [0.1, 0.15) is 12.5 Å². The van der Waals surface area contributed by atoms with Crippen molar-refractivity contribution in [3.8, 4) is 0 Å². The van der Waals surface area contributed by atoms with Gasteiger partial charge in [-0.25, -0.2) is 4.79 Å². The van der Waals surface area contributed by atoms with E-state index in [0.29, 0.717) is 6.54 Å². The Kier molecular flexibility index (Phi) is 6.52. The standard InChI is InChI=1S/C14H21N3O3/c1-3-20-13(18)12(15)9-16-14(19)17(2)10-11-7-5-4-6-8-11/h4-8,12H,3,9-10,15H2,1-2H3,(H,16,19)/t12-/m0/s1. The van der Waals surface area contributed by atoms with E-state index in [0.717, 1.165) is 5.56 Å². The molecule has 3 N–H and O–H groups in total. The predicted octanol–water partition coefficient (Wildman–Crippen LogP) is 0.718. The molecule has 6 heteroatoms. The van der Waals surface area contributed by atoms with Gasteiger partial charge in [-0.2, -0.15) is 0 Å². The summed E-state index contributed by atoms with van der Waals surface area (Å²) in [6.07, 6.45) is 0. The summed E-state index contributed by atoms with van der Waals surface area (Å²) < 4.78 is 4.76. The quantitative estimate of drug-likeness (QED) is 0.751. The Morgan fingerprint density at radius 2 is 2.00 bits per heavy atom. The Morgan fingerprint density at radius 3 is 2.60 bits per heavy atom. The van der Waals surface area contributed by atoms with Crippen LogP contribution in [0, 0.1) is 0 Å². The fourth-order valence-electron chi connectivity index (χ4n) is 1.59. The number of carbonyl (C=O) groups is 2. The van der Waals surface area contributed by atoms with Crippen LogP contribution in [0.25, 0.3) is 0 Å². The molecule has 0 heterocycles. The Labute approximate surface area is 118 Å². The molecule has 0 aliphatic heterocycles. The highest BCUT2D eigenvalue weighted by Crippen LogP contribution is 2.02. The zero-order chi connectivity index (χ0) is 15.0. The average molecular weight is 279 g/mol. The van der Waals surface area contributed by atoms with E-state index >= 15 is 0 Å². The van der Waals surface area contributed by atoms with Crippen LogP contribution >= 0.6 is 0 Å². The van der Waals surface area contributed by atoms with Gasteiger partial charge in [0.15, 0.2) is 0 Å². The number of hydrogen-bond donors (Lipinski definition) is 2. The number of hydrogen-bond acceptors (Lipinski definition) is 4. The molecule has 0 aliphatic rings. The van der Waals surface area contributed by atoms with E-state index in [1.807, 2.05) is 30.3 Å². The number of nitrogens with one attached hydrogen (secondary N) is 1. The fraction of sp³-hybridized carbons (Fsp3) is 0.429. The molecule has 0 saturated heterocycles. The number of carbonyl (C=O) groups excluding carboxylic acids is 2. The zero-order valence-electron chi connectivity index (χ0n) is 11.8. The Bertz CT molecular complexity index is 437. The number of rotatable bonds is 6. The predicted molar refractivity (Wildman–Crippen MR) is 75.9 cm³/mol. The van der Waals surface area contributed by atoms with E-state index in [2.05, 4.69) is 5.32 Å². The topological polar surface area (TPSA) is 84.7 Å². The van der Waals surface area contributed by atoms with Gasteiger partial charge in [-0.3, -0.25) is 4.79 Å². The summed E-state index contributed by atoms with van der Waals surface area (Å²) in [6, 6.07) is 8.50. The summed E-state index contributed by atoms with van der Waals surface area (Å²) in [5.74, 6) is -0.515. The molecular formula is C14H21N3O3. The molecule has 0 unspecified atom stereocenters.